The molecule has 0 saturated heterocycles. The van der Waals surface area contributed by atoms with Crippen molar-refractivity contribution in [2.24, 2.45) is 0 Å². The molecular formula is C12H11FS. The third kappa shape index (κ3) is 4.67. The molecule has 1 aromatic rings. The number of halogens is 1. The summed E-state index contributed by atoms with van der Waals surface area (Å²) in [5, 5.41) is 0. The Kier molecular flexibility index (Phi) is 4.79. The van der Waals surface area contributed by atoms with Crippen LogP contribution in [0.1, 0.15) is 6.42 Å². The van der Waals surface area contributed by atoms with Gasteiger partial charge in [0.05, 0.1) is 0 Å². The van der Waals surface area contributed by atoms with Crippen LogP contribution in [-0.4, -0.2) is 4.86 Å². The lowest BCUT2D eigenvalue weighted by molar-refractivity contribution is 0.628. The third-order valence-corrected chi connectivity index (χ3v) is 1.88. The maximum atomic E-state index is 11.9. The molecule has 0 atom stereocenters. The molecule has 0 spiro atoms. The predicted molar refractivity (Wildman–Crippen MR) is 61.9 cm³/mol. The molecule has 0 N–H and O–H groups in total. The first kappa shape index (κ1) is 10.8. The Morgan fingerprint density at radius 1 is 1.07 bits per heavy atom. The summed E-state index contributed by atoms with van der Waals surface area (Å²) in [5.41, 5.74) is 0. The van der Waals surface area contributed by atoms with Crippen LogP contribution >= 0.6 is 12.2 Å². The van der Waals surface area contributed by atoms with E-state index in [0.29, 0.717) is 0 Å². The van der Waals surface area contributed by atoms with Gasteiger partial charge in [0.1, 0.15) is 5.82 Å². The number of hydrogen-bond donors (Lipinski definition) is 0. The molecule has 2 rings (SSSR count). The molecule has 0 amide bonds. The van der Waals surface area contributed by atoms with Crippen LogP contribution in [-0.2, 0) is 0 Å². The van der Waals surface area contributed by atoms with E-state index in [4.69, 9.17) is 12.2 Å². The molecule has 0 fully saturated rings. The zero-order valence-corrected chi connectivity index (χ0v) is 8.51. The van der Waals surface area contributed by atoms with Crippen molar-refractivity contribution in [2.45, 2.75) is 6.42 Å². The monoisotopic (exact) mass is 206 g/mol. The lowest BCUT2D eigenvalue weighted by Gasteiger charge is -1.92. The molecule has 1 aliphatic rings. The lowest BCUT2D eigenvalue weighted by Crippen LogP contribution is -1.86. The third-order valence-electron chi connectivity index (χ3n) is 1.58. The smallest absolute Gasteiger partial charge is 0.123 e. The van der Waals surface area contributed by atoms with Gasteiger partial charge < -0.3 is 0 Å². The fraction of sp³-hybridized carbons (Fsp3) is 0.0833. The molecule has 0 saturated carbocycles. The van der Waals surface area contributed by atoms with E-state index in [1.54, 1.807) is 18.2 Å². The van der Waals surface area contributed by atoms with Crippen molar-refractivity contribution in [1.29, 1.82) is 0 Å². The molecule has 1 aromatic carbocycles. The molecule has 2 heteroatoms. The summed E-state index contributed by atoms with van der Waals surface area (Å²) in [5.74, 6) is -0.178. The fourth-order valence-corrected chi connectivity index (χ4v) is 1.08. The molecule has 0 aliphatic heterocycles. The molecule has 72 valence electrons. The zero-order chi connectivity index (χ0) is 10.2. The highest BCUT2D eigenvalue weighted by atomic mass is 32.1. The predicted octanol–water partition coefficient (Wildman–Crippen LogP) is 3.70. The normalized spacial score (nSPS) is 13.4. The molecule has 0 unspecified atom stereocenters. The van der Waals surface area contributed by atoms with Crippen LogP contribution in [0, 0.1) is 5.82 Å². The summed E-state index contributed by atoms with van der Waals surface area (Å²) >= 11 is 4.87. The quantitative estimate of drug-likeness (QED) is 0.583. The standard InChI is InChI=1S/C6H5F.C6H6S/c2*7-6-4-2-1-3-5-6/h1-5H;1-4H,5H2. The van der Waals surface area contributed by atoms with E-state index in [1.807, 2.05) is 18.2 Å². The average molecular weight is 206 g/mol. The van der Waals surface area contributed by atoms with E-state index in [2.05, 4.69) is 6.08 Å². The van der Waals surface area contributed by atoms with Crippen molar-refractivity contribution in [3.8, 4) is 0 Å². The minimum Gasteiger partial charge on any atom is -0.207 e. The molecule has 0 heterocycles. The van der Waals surface area contributed by atoms with E-state index >= 15 is 0 Å². The van der Waals surface area contributed by atoms with Crippen LogP contribution in [0.4, 0.5) is 4.39 Å². The Morgan fingerprint density at radius 3 is 2.07 bits per heavy atom. The average Bonchev–Trinajstić information content (AvgIpc) is 2.21. The number of hydrogen-bond acceptors (Lipinski definition) is 1. The van der Waals surface area contributed by atoms with Gasteiger partial charge in [0, 0.05) is 11.3 Å². The minimum absolute atomic E-state index is 0.178. The lowest BCUT2D eigenvalue weighted by atomic mass is 10.2. The van der Waals surface area contributed by atoms with Crippen molar-refractivity contribution in [3.05, 3.63) is 60.5 Å². The second kappa shape index (κ2) is 6.22. The molecular weight excluding hydrogens is 195 g/mol. The van der Waals surface area contributed by atoms with Crippen molar-refractivity contribution >= 4 is 17.1 Å². The Hall–Kier alpha value is -1.28. The van der Waals surface area contributed by atoms with E-state index in [0.717, 1.165) is 11.3 Å². The van der Waals surface area contributed by atoms with Gasteiger partial charge >= 0.3 is 0 Å². The summed E-state index contributed by atoms with van der Waals surface area (Å²) in [4.78, 5) is 1.03. The number of thiocarbonyl (C=S) groups is 1. The Bertz CT molecular complexity index is 339. The first-order valence-corrected chi connectivity index (χ1v) is 4.76. The first-order chi connectivity index (χ1) is 6.79. The van der Waals surface area contributed by atoms with Gasteiger partial charge in [-0.1, -0.05) is 48.6 Å². The summed E-state index contributed by atoms with van der Waals surface area (Å²) in [6, 6.07) is 7.94. The largest absolute Gasteiger partial charge is 0.207 e. The number of benzene rings is 1. The molecule has 14 heavy (non-hydrogen) atoms. The first-order valence-electron chi connectivity index (χ1n) is 4.35. The second-order valence-corrected chi connectivity index (χ2v) is 3.28. The van der Waals surface area contributed by atoms with E-state index in [-0.39, 0.29) is 5.82 Å². The molecule has 0 nitrogen and oxygen atoms in total. The van der Waals surface area contributed by atoms with E-state index in [1.165, 1.54) is 12.1 Å². The van der Waals surface area contributed by atoms with Crippen molar-refractivity contribution in [1.82, 2.24) is 0 Å². The van der Waals surface area contributed by atoms with Gasteiger partial charge in [0.15, 0.2) is 0 Å². The second-order valence-electron chi connectivity index (χ2n) is 2.75. The topological polar surface area (TPSA) is 0 Å². The van der Waals surface area contributed by atoms with Gasteiger partial charge in [-0.2, -0.15) is 0 Å². The SMILES string of the molecule is Fc1ccccc1.S=C1C=CC=CC1. The van der Waals surface area contributed by atoms with Gasteiger partial charge in [-0.05, 0) is 18.2 Å². The van der Waals surface area contributed by atoms with Crippen molar-refractivity contribution in [2.75, 3.05) is 0 Å². The highest BCUT2D eigenvalue weighted by Crippen LogP contribution is 1.97. The van der Waals surface area contributed by atoms with Crippen LogP contribution in [0.15, 0.2) is 54.6 Å². The summed E-state index contributed by atoms with van der Waals surface area (Å²) in [6.45, 7) is 0. The van der Waals surface area contributed by atoms with Gasteiger partial charge in [-0.15, -0.1) is 0 Å². The fourth-order valence-electron chi connectivity index (χ4n) is 0.908. The molecule has 0 radical (unpaired) electrons. The Balaban J connectivity index is 0.000000140. The number of rotatable bonds is 0. The molecule has 0 bridgehead atoms. The maximum absolute atomic E-state index is 11.9. The minimum atomic E-state index is -0.178. The summed E-state index contributed by atoms with van der Waals surface area (Å²) < 4.78 is 11.9. The van der Waals surface area contributed by atoms with E-state index in [9.17, 15) is 4.39 Å². The van der Waals surface area contributed by atoms with Crippen molar-refractivity contribution < 1.29 is 4.39 Å². The van der Waals surface area contributed by atoms with Crippen LogP contribution in [0.3, 0.4) is 0 Å². The van der Waals surface area contributed by atoms with Crippen LogP contribution in [0.25, 0.3) is 0 Å². The van der Waals surface area contributed by atoms with Gasteiger partial charge in [-0.25, -0.2) is 4.39 Å². The van der Waals surface area contributed by atoms with Crippen LogP contribution in [0.2, 0.25) is 0 Å². The Labute approximate surface area is 88.8 Å². The van der Waals surface area contributed by atoms with Gasteiger partial charge in [0.2, 0.25) is 0 Å². The highest BCUT2D eigenvalue weighted by molar-refractivity contribution is 7.80. The maximum Gasteiger partial charge on any atom is 0.123 e. The van der Waals surface area contributed by atoms with Gasteiger partial charge in [0.25, 0.3) is 0 Å². The highest BCUT2D eigenvalue weighted by Gasteiger charge is 1.87. The van der Waals surface area contributed by atoms with Gasteiger partial charge in [-0.3, -0.25) is 0 Å². The summed E-state index contributed by atoms with van der Waals surface area (Å²) in [7, 11) is 0. The van der Waals surface area contributed by atoms with Crippen LogP contribution in [0.5, 0.6) is 0 Å². The van der Waals surface area contributed by atoms with E-state index < -0.39 is 0 Å². The van der Waals surface area contributed by atoms with Crippen molar-refractivity contribution in [3.63, 3.8) is 0 Å². The van der Waals surface area contributed by atoms with Crippen LogP contribution < -0.4 is 0 Å². The molecule has 1 aliphatic carbocycles. The Morgan fingerprint density at radius 2 is 1.79 bits per heavy atom. The number of allylic oxidation sites excluding steroid dienone is 4. The summed E-state index contributed by atoms with van der Waals surface area (Å²) in [6.07, 6.45) is 8.94. The zero-order valence-electron chi connectivity index (χ0n) is 7.69. The molecule has 0 aromatic heterocycles.